The Morgan fingerprint density at radius 1 is 1.07 bits per heavy atom. The summed E-state index contributed by atoms with van der Waals surface area (Å²) in [6.07, 6.45) is -8.27. The first-order valence-electron chi connectivity index (χ1n) is 13.0. The molecular weight excluding hydrogens is 594 g/mol. The molecule has 1 fully saturated rings. The molecule has 2 amide bonds. The quantitative estimate of drug-likeness (QED) is 0.303. The maximum absolute atomic E-state index is 14.0. The van der Waals surface area contributed by atoms with Gasteiger partial charge in [-0.2, -0.15) is 13.2 Å². The third kappa shape index (κ3) is 7.77. The fourth-order valence-electron chi connectivity index (χ4n) is 4.77. The van der Waals surface area contributed by atoms with Crippen molar-refractivity contribution in [2.45, 2.75) is 43.8 Å². The fraction of sp³-hybridized carbons (Fsp3) is 0.519. The number of alkyl halides is 6. The predicted molar refractivity (Wildman–Crippen MR) is 142 cm³/mol. The number of halogens is 7. The number of hydrogen-bond acceptors (Lipinski definition) is 6. The molecule has 0 unspecified atom stereocenters. The van der Waals surface area contributed by atoms with Gasteiger partial charge < -0.3 is 24.5 Å². The van der Waals surface area contributed by atoms with E-state index in [-0.39, 0.29) is 23.5 Å². The van der Waals surface area contributed by atoms with E-state index >= 15 is 0 Å². The number of anilines is 1. The van der Waals surface area contributed by atoms with Crippen molar-refractivity contribution >= 4 is 29.2 Å². The Labute approximate surface area is 243 Å². The first-order chi connectivity index (χ1) is 19.4. The number of nitrogens with zero attached hydrogens (tertiary/aromatic N) is 4. The third-order valence-electron chi connectivity index (χ3n) is 7.07. The lowest BCUT2D eigenvalue weighted by molar-refractivity contribution is -0.274. The SMILES string of the molecule is CN(C)C(=O)c1ccc(N2CCC(CCCN(C)C(=O)[C@](O)(c3cccc(OC(F)(F)F)c3)C(F)(F)F)CC2)nc1Cl. The van der Waals surface area contributed by atoms with Crippen LogP contribution in [0.25, 0.3) is 0 Å². The Kier molecular flexibility index (Phi) is 10.2. The summed E-state index contributed by atoms with van der Waals surface area (Å²) in [6, 6.07) is 5.99. The molecule has 1 saturated heterocycles. The molecule has 8 nitrogen and oxygen atoms in total. The van der Waals surface area contributed by atoms with Crippen molar-refractivity contribution in [2.75, 3.05) is 45.7 Å². The number of hydrogen-bond donors (Lipinski definition) is 1. The van der Waals surface area contributed by atoms with Crippen molar-refractivity contribution < 1.29 is 45.8 Å². The molecule has 1 aromatic heterocycles. The number of carbonyl (C=O) groups excluding carboxylic acids is 2. The number of aromatic nitrogens is 1. The van der Waals surface area contributed by atoms with Crippen molar-refractivity contribution in [1.29, 1.82) is 0 Å². The molecule has 3 rings (SSSR count). The molecule has 1 aliphatic heterocycles. The maximum atomic E-state index is 14.0. The number of carbonyl (C=O) groups is 2. The van der Waals surface area contributed by atoms with Gasteiger partial charge in [0.2, 0.25) is 0 Å². The first kappa shape index (κ1) is 33.2. The molecule has 2 aromatic rings. The number of pyridine rings is 1. The van der Waals surface area contributed by atoms with Gasteiger partial charge in [-0.25, -0.2) is 4.98 Å². The molecule has 232 valence electrons. The average molecular weight is 625 g/mol. The zero-order valence-electron chi connectivity index (χ0n) is 23.1. The summed E-state index contributed by atoms with van der Waals surface area (Å²) in [5.74, 6) is -2.14. The van der Waals surface area contributed by atoms with Gasteiger partial charge in [0, 0.05) is 46.3 Å². The number of likely N-dealkylation sites (N-methyl/N-ethyl adjacent to an activating group) is 1. The largest absolute Gasteiger partial charge is 0.573 e. The molecule has 1 atom stereocenters. The first-order valence-corrected chi connectivity index (χ1v) is 13.4. The molecule has 2 heterocycles. The van der Waals surface area contributed by atoms with Gasteiger partial charge in [0.15, 0.2) is 0 Å². The van der Waals surface area contributed by atoms with E-state index in [9.17, 15) is 41.0 Å². The standard InChI is InChI=1S/C27H31ClF6N4O4/c1-36(2)23(39)20-9-10-21(35-22(20)28)38-14-11-17(12-15-38)6-5-13-37(3)24(40)25(41,26(29,30)31)18-7-4-8-19(16-18)42-27(32,33)34/h4,7-10,16-17,41H,5-6,11-15H2,1-3H3/t25-/m1/s1. The summed E-state index contributed by atoms with van der Waals surface area (Å²) < 4.78 is 83.3. The van der Waals surface area contributed by atoms with Crippen molar-refractivity contribution in [3.05, 3.63) is 52.7 Å². The van der Waals surface area contributed by atoms with E-state index in [2.05, 4.69) is 9.72 Å². The van der Waals surface area contributed by atoms with Crippen LogP contribution in [0.15, 0.2) is 36.4 Å². The van der Waals surface area contributed by atoms with Gasteiger partial charge in [-0.3, -0.25) is 9.59 Å². The highest BCUT2D eigenvalue weighted by atomic mass is 35.5. The molecule has 1 aliphatic rings. The number of amides is 2. The van der Waals surface area contributed by atoms with E-state index < -0.39 is 35.4 Å². The second kappa shape index (κ2) is 12.9. The van der Waals surface area contributed by atoms with Crippen molar-refractivity contribution in [2.24, 2.45) is 5.92 Å². The Balaban J connectivity index is 1.58. The lowest BCUT2D eigenvalue weighted by atomic mass is 9.90. The summed E-state index contributed by atoms with van der Waals surface area (Å²) in [5, 5.41) is 10.7. The second-order valence-electron chi connectivity index (χ2n) is 10.3. The van der Waals surface area contributed by atoms with Gasteiger partial charge in [-0.15, -0.1) is 13.2 Å². The minimum Gasteiger partial charge on any atom is -0.406 e. The molecule has 15 heteroatoms. The van der Waals surface area contributed by atoms with Gasteiger partial charge in [0.1, 0.15) is 16.7 Å². The smallest absolute Gasteiger partial charge is 0.406 e. The number of rotatable bonds is 9. The van der Waals surface area contributed by atoms with Crippen LogP contribution in [0, 0.1) is 5.92 Å². The van der Waals surface area contributed by atoms with Crippen LogP contribution in [-0.4, -0.2) is 85.0 Å². The summed E-state index contributed by atoms with van der Waals surface area (Å²) in [7, 11) is 4.31. The van der Waals surface area contributed by atoms with Crippen LogP contribution in [0.1, 0.15) is 41.6 Å². The molecule has 0 bridgehead atoms. The maximum Gasteiger partial charge on any atom is 0.573 e. The normalized spacial score (nSPS) is 16.1. The predicted octanol–water partition coefficient (Wildman–Crippen LogP) is 5.24. The zero-order chi connectivity index (χ0) is 31.5. The van der Waals surface area contributed by atoms with E-state index in [1.54, 1.807) is 26.2 Å². The number of benzene rings is 1. The van der Waals surface area contributed by atoms with Gasteiger partial charge in [0.25, 0.3) is 17.4 Å². The Morgan fingerprint density at radius 3 is 2.26 bits per heavy atom. The molecule has 0 spiro atoms. The van der Waals surface area contributed by atoms with Gasteiger partial charge in [0.05, 0.1) is 5.56 Å². The second-order valence-corrected chi connectivity index (χ2v) is 10.6. The van der Waals surface area contributed by atoms with E-state index in [1.165, 1.54) is 4.90 Å². The third-order valence-corrected chi connectivity index (χ3v) is 7.36. The molecule has 0 saturated carbocycles. The molecular formula is C27H31ClF6N4O4. The highest BCUT2D eigenvalue weighted by Gasteiger charge is 2.61. The Hall–Kier alpha value is -3.26. The summed E-state index contributed by atoms with van der Waals surface area (Å²) in [4.78, 5) is 33.5. The van der Waals surface area contributed by atoms with E-state index in [0.29, 0.717) is 49.4 Å². The Morgan fingerprint density at radius 2 is 1.71 bits per heavy atom. The van der Waals surface area contributed by atoms with Crippen LogP contribution < -0.4 is 9.64 Å². The van der Waals surface area contributed by atoms with Crippen LogP contribution in [0.3, 0.4) is 0 Å². The minimum atomic E-state index is -5.52. The minimum absolute atomic E-state index is 0.0967. The highest BCUT2D eigenvalue weighted by molar-refractivity contribution is 6.32. The van der Waals surface area contributed by atoms with Crippen LogP contribution in [0.2, 0.25) is 5.15 Å². The lowest BCUT2D eigenvalue weighted by Crippen LogP contribution is -2.55. The molecule has 0 aliphatic carbocycles. The monoisotopic (exact) mass is 624 g/mol. The Bertz CT molecular complexity index is 1270. The van der Waals surface area contributed by atoms with Crippen molar-refractivity contribution in [1.82, 2.24) is 14.8 Å². The summed E-state index contributed by atoms with van der Waals surface area (Å²) in [6.45, 7) is 1.15. The molecule has 1 N–H and O–H groups in total. The average Bonchev–Trinajstić information content (AvgIpc) is 2.90. The van der Waals surface area contributed by atoms with E-state index in [4.69, 9.17) is 11.6 Å². The van der Waals surface area contributed by atoms with Gasteiger partial charge >= 0.3 is 12.5 Å². The van der Waals surface area contributed by atoms with E-state index in [1.807, 2.05) is 4.90 Å². The summed E-state index contributed by atoms with van der Waals surface area (Å²) >= 11 is 6.22. The van der Waals surface area contributed by atoms with Crippen molar-refractivity contribution in [3.8, 4) is 5.75 Å². The van der Waals surface area contributed by atoms with E-state index in [0.717, 1.165) is 36.9 Å². The van der Waals surface area contributed by atoms with Crippen LogP contribution in [-0.2, 0) is 10.4 Å². The van der Waals surface area contributed by atoms with Crippen molar-refractivity contribution in [3.63, 3.8) is 0 Å². The molecule has 42 heavy (non-hydrogen) atoms. The number of ether oxygens (including phenoxy) is 1. The van der Waals surface area contributed by atoms with Gasteiger partial charge in [-0.05, 0) is 55.9 Å². The highest BCUT2D eigenvalue weighted by Crippen LogP contribution is 2.42. The topological polar surface area (TPSA) is 86.2 Å². The fourth-order valence-corrected chi connectivity index (χ4v) is 5.00. The zero-order valence-corrected chi connectivity index (χ0v) is 23.9. The van der Waals surface area contributed by atoms with Crippen LogP contribution in [0.5, 0.6) is 5.75 Å². The lowest BCUT2D eigenvalue weighted by Gasteiger charge is -2.34. The summed E-state index contributed by atoms with van der Waals surface area (Å²) in [5.41, 5.74) is -4.87. The van der Waals surface area contributed by atoms with Gasteiger partial charge in [-0.1, -0.05) is 23.7 Å². The van der Waals surface area contributed by atoms with Crippen LogP contribution in [0.4, 0.5) is 32.2 Å². The molecule has 1 aromatic carbocycles. The number of piperidine rings is 1. The van der Waals surface area contributed by atoms with Crippen LogP contribution >= 0.6 is 11.6 Å². The molecule has 0 radical (unpaired) electrons. The number of aliphatic hydroxyl groups is 1.